The van der Waals surface area contributed by atoms with Crippen molar-refractivity contribution in [3.63, 3.8) is 0 Å². The number of hydrogen-bond donors (Lipinski definition) is 3. The predicted molar refractivity (Wildman–Crippen MR) is 49.0 cm³/mol. The van der Waals surface area contributed by atoms with E-state index in [2.05, 4.69) is 0 Å². The topological polar surface area (TPSA) is 133 Å². The van der Waals surface area contributed by atoms with Crippen LogP contribution in [-0.4, -0.2) is 19.7 Å². The molecule has 9 heteroatoms. The summed E-state index contributed by atoms with van der Waals surface area (Å²) in [7, 11) is -3.47. The van der Waals surface area contributed by atoms with Gasteiger partial charge in [0.2, 0.25) is 6.16 Å². The van der Waals surface area contributed by atoms with Crippen molar-refractivity contribution in [2.45, 2.75) is 4.90 Å². The first-order valence-electron chi connectivity index (χ1n) is 3.57. The van der Waals surface area contributed by atoms with Crippen LogP contribution in [0.15, 0.2) is 35.2 Å². The van der Waals surface area contributed by atoms with E-state index in [1.165, 1.54) is 12.1 Å². The van der Waals surface area contributed by atoms with Gasteiger partial charge in [0.1, 0.15) is 0 Å². The molecule has 0 aromatic heterocycles. The van der Waals surface area contributed by atoms with Crippen LogP contribution in [0.3, 0.4) is 0 Å². The van der Waals surface area contributed by atoms with Gasteiger partial charge in [0.05, 0.1) is 4.90 Å². The summed E-state index contributed by atoms with van der Waals surface area (Å²) in [5, 5.41) is 15.3. The van der Waals surface area contributed by atoms with E-state index in [9.17, 15) is 8.42 Å². The smallest absolute Gasteiger partial charge is 0.565 e. The Hall–Kier alpha value is -0.640. The molecule has 0 heterocycles. The van der Waals surface area contributed by atoms with Crippen LogP contribution >= 0.6 is 0 Å². The summed E-state index contributed by atoms with van der Waals surface area (Å²) in [5.41, 5.74) is 0. The molecule has 0 radical (unpaired) electrons. The maximum Gasteiger partial charge on any atom is 1.00 e. The van der Waals surface area contributed by atoms with Gasteiger partial charge in [-0.2, -0.15) is 4.83 Å². The predicted octanol–water partition coefficient (Wildman–Crippen LogP) is -4.27. The van der Waals surface area contributed by atoms with E-state index in [1.54, 1.807) is 23.0 Å². The van der Waals surface area contributed by atoms with Crippen molar-refractivity contribution in [3.05, 3.63) is 30.3 Å². The fourth-order valence-corrected chi connectivity index (χ4v) is 1.32. The van der Waals surface area contributed by atoms with Gasteiger partial charge in [-0.3, -0.25) is 5.84 Å². The molecule has 4 N–H and O–H groups in total. The second-order valence-electron chi connectivity index (χ2n) is 2.20. The molecular formula is C7H9N2NaO5S. The zero-order valence-electron chi connectivity index (χ0n) is 8.45. The van der Waals surface area contributed by atoms with Crippen molar-refractivity contribution in [2.24, 2.45) is 5.84 Å². The molecular weight excluding hydrogens is 247 g/mol. The average molecular weight is 256 g/mol. The number of nitrogens with one attached hydrogen (secondary N) is 1. The van der Waals surface area contributed by atoms with Crippen LogP contribution in [-0.2, 0) is 10.0 Å². The van der Waals surface area contributed by atoms with Gasteiger partial charge >= 0.3 is 29.6 Å². The van der Waals surface area contributed by atoms with Crippen LogP contribution in [0.25, 0.3) is 0 Å². The summed E-state index contributed by atoms with van der Waals surface area (Å²) < 4.78 is 21.9. The minimum Gasteiger partial charge on any atom is -0.565 e. The zero-order chi connectivity index (χ0) is 11.9. The van der Waals surface area contributed by atoms with Crippen molar-refractivity contribution in [2.75, 3.05) is 0 Å². The summed E-state index contributed by atoms with van der Waals surface area (Å²) in [6.07, 6.45) is -2.08. The summed E-state index contributed by atoms with van der Waals surface area (Å²) in [4.78, 5) is 10.3. The molecule has 7 nitrogen and oxygen atoms in total. The molecule has 0 bridgehead atoms. The molecule has 1 rings (SSSR count). The molecule has 16 heavy (non-hydrogen) atoms. The fraction of sp³-hybridized carbons (Fsp3) is 0. The van der Waals surface area contributed by atoms with Crippen molar-refractivity contribution >= 4 is 16.2 Å². The molecule has 0 fully saturated rings. The van der Waals surface area contributed by atoms with Crippen LogP contribution < -0.4 is 45.3 Å². The number of carboxylic acid groups (broad SMARTS) is 2. The van der Waals surface area contributed by atoms with Gasteiger partial charge < -0.3 is 15.0 Å². The van der Waals surface area contributed by atoms with E-state index in [4.69, 9.17) is 20.9 Å². The van der Waals surface area contributed by atoms with E-state index >= 15 is 0 Å². The Morgan fingerprint density at radius 1 is 1.31 bits per heavy atom. The minimum absolute atomic E-state index is 0. The van der Waals surface area contributed by atoms with Gasteiger partial charge in [0.15, 0.2) is 0 Å². The van der Waals surface area contributed by atoms with Gasteiger partial charge in [0, 0.05) is 0 Å². The number of sulfonamides is 1. The summed E-state index contributed by atoms with van der Waals surface area (Å²) in [6.45, 7) is 0. The number of rotatable bonds is 2. The monoisotopic (exact) mass is 256 g/mol. The number of benzene rings is 1. The normalized spacial score (nSPS) is 9.31. The number of nitrogens with two attached hydrogens (primary N) is 1. The fourth-order valence-electron chi connectivity index (χ4n) is 0.668. The number of hydrogen-bond acceptors (Lipinski definition) is 5. The molecule has 0 atom stereocenters. The van der Waals surface area contributed by atoms with Crippen molar-refractivity contribution in [1.82, 2.24) is 4.83 Å². The quantitative estimate of drug-likeness (QED) is 0.279. The Labute approximate surface area is 115 Å². The Morgan fingerprint density at radius 3 is 2.00 bits per heavy atom. The van der Waals surface area contributed by atoms with E-state index in [1.807, 2.05) is 0 Å². The van der Waals surface area contributed by atoms with Crippen LogP contribution in [0.4, 0.5) is 4.79 Å². The number of carbonyl (C=O) groups is 1. The number of hydrazine groups is 1. The van der Waals surface area contributed by atoms with Gasteiger partial charge in [-0.05, 0) is 12.1 Å². The molecule has 0 aliphatic rings. The first kappa shape index (κ1) is 17.7. The third-order valence-corrected chi connectivity index (χ3v) is 2.41. The summed E-state index contributed by atoms with van der Waals surface area (Å²) in [5.74, 6) is 4.80. The van der Waals surface area contributed by atoms with Crippen LogP contribution in [0.2, 0.25) is 0 Å². The molecule has 0 saturated carbocycles. The van der Waals surface area contributed by atoms with Crippen molar-refractivity contribution in [3.8, 4) is 0 Å². The molecule has 0 aliphatic heterocycles. The Balaban J connectivity index is 0. The minimum atomic E-state index is -3.47. The van der Waals surface area contributed by atoms with Crippen LogP contribution in [0.1, 0.15) is 0 Å². The van der Waals surface area contributed by atoms with Gasteiger partial charge in [-0.15, -0.1) is 0 Å². The van der Waals surface area contributed by atoms with E-state index in [-0.39, 0.29) is 34.5 Å². The van der Waals surface area contributed by atoms with Crippen molar-refractivity contribution < 1.29 is 53.0 Å². The van der Waals surface area contributed by atoms with Gasteiger partial charge in [-0.25, -0.2) is 8.42 Å². The molecule has 1 aromatic carbocycles. The van der Waals surface area contributed by atoms with Crippen LogP contribution in [0, 0.1) is 0 Å². The standard InChI is InChI=1S/C6H8N2O2S.CH2O3.Na/c7-8-11(9,10)6-4-2-1-3-5-6;2-1(3)4;/h1-5,8H,7H2;(H2,2,3,4);/q;;+1/p-1. The second-order valence-corrected chi connectivity index (χ2v) is 3.91. The molecule has 1 aromatic rings. The molecule has 0 unspecified atom stereocenters. The molecule has 0 saturated heterocycles. The third kappa shape index (κ3) is 7.63. The van der Waals surface area contributed by atoms with E-state index < -0.39 is 16.2 Å². The maximum absolute atomic E-state index is 11.0. The SMILES string of the molecule is NNS(=O)(=O)c1ccccc1.O=C([O-])O.[Na+]. The second kappa shape index (κ2) is 8.50. The molecule has 0 amide bonds. The van der Waals surface area contributed by atoms with Gasteiger partial charge in [0.25, 0.3) is 10.0 Å². The Morgan fingerprint density at radius 2 is 1.69 bits per heavy atom. The third-order valence-electron chi connectivity index (χ3n) is 1.21. The zero-order valence-corrected chi connectivity index (χ0v) is 11.3. The first-order valence-corrected chi connectivity index (χ1v) is 5.06. The Kier molecular flexibility index (Phi) is 9.43. The van der Waals surface area contributed by atoms with Crippen molar-refractivity contribution in [1.29, 1.82) is 0 Å². The van der Waals surface area contributed by atoms with E-state index in [0.29, 0.717) is 0 Å². The Bertz CT molecular complexity index is 404. The van der Waals surface area contributed by atoms with Crippen LogP contribution in [0.5, 0.6) is 0 Å². The summed E-state index contributed by atoms with van der Waals surface area (Å²) in [6, 6.07) is 7.92. The van der Waals surface area contributed by atoms with E-state index in [0.717, 1.165) is 0 Å². The molecule has 0 aliphatic carbocycles. The first-order chi connectivity index (χ1) is 6.90. The summed E-state index contributed by atoms with van der Waals surface area (Å²) >= 11 is 0. The average Bonchev–Trinajstić information content (AvgIpc) is 2.18. The molecule has 84 valence electrons. The maximum atomic E-state index is 11.0. The molecule has 0 spiro atoms. The van der Waals surface area contributed by atoms with Gasteiger partial charge in [-0.1, -0.05) is 18.2 Å². The largest absolute Gasteiger partial charge is 1.00 e.